The van der Waals surface area contributed by atoms with Crippen LogP contribution in [-0.4, -0.2) is 10.8 Å². The Bertz CT molecular complexity index is 672. The molecular formula is C12H8Br2N2O3S. The number of nitro groups is 1. The van der Waals surface area contributed by atoms with E-state index in [9.17, 15) is 14.9 Å². The summed E-state index contributed by atoms with van der Waals surface area (Å²) < 4.78 is 1.43. The van der Waals surface area contributed by atoms with E-state index in [0.29, 0.717) is 11.0 Å². The highest BCUT2D eigenvalue weighted by molar-refractivity contribution is 9.10. The largest absolute Gasteiger partial charge is 0.347 e. The highest BCUT2D eigenvalue weighted by atomic mass is 79.9. The van der Waals surface area contributed by atoms with Crippen molar-refractivity contribution in [1.29, 1.82) is 0 Å². The number of nitrogens with zero attached hydrogens (tertiary/aromatic N) is 1. The molecule has 20 heavy (non-hydrogen) atoms. The predicted octanol–water partition coefficient (Wildman–Crippen LogP) is 4.11. The van der Waals surface area contributed by atoms with Gasteiger partial charge in [0.15, 0.2) is 0 Å². The first kappa shape index (κ1) is 15.1. The maximum Gasteiger partial charge on any atom is 0.271 e. The van der Waals surface area contributed by atoms with Gasteiger partial charge in [0, 0.05) is 31.5 Å². The molecule has 0 aliphatic carbocycles. The van der Waals surface area contributed by atoms with Gasteiger partial charge in [-0.25, -0.2) is 0 Å². The minimum absolute atomic E-state index is 0.123. The zero-order valence-electron chi connectivity index (χ0n) is 9.93. The van der Waals surface area contributed by atoms with Crippen molar-refractivity contribution in [1.82, 2.24) is 5.32 Å². The van der Waals surface area contributed by atoms with Crippen molar-refractivity contribution >= 4 is 54.8 Å². The third-order valence-electron chi connectivity index (χ3n) is 2.46. The monoisotopic (exact) mass is 418 g/mol. The van der Waals surface area contributed by atoms with Gasteiger partial charge in [0.05, 0.1) is 11.5 Å². The van der Waals surface area contributed by atoms with Gasteiger partial charge in [-0.05, 0) is 33.4 Å². The number of carbonyl (C=O) groups is 1. The van der Waals surface area contributed by atoms with E-state index in [1.807, 2.05) is 11.4 Å². The highest BCUT2D eigenvalue weighted by Gasteiger charge is 2.14. The lowest BCUT2D eigenvalue weighted by atomic mass is 10.2. The van der Waals surface area contributed by atoms with Gasteiger partial charge >= 0.3 is 0 Å². The standard InChI is InChI=1S/C12H8Br2N2O3S/c13-8-3-7(4-9(5-8)16(18)19)12(17)15-6-11-10(14)1-2-20-11/h1-5H,6H2,(H,15,17). The number of non-ortho nitro benzene ring substituents is 1. The molecular weight excluding hydrogens is 412 g/mol. The summed E-state index contributed by atoms with van der Waals surface area (Å²) in [6, 6.07) is 6.05. The van der Waals surface area contributed by atoms with Crippen molar-refractivity contribution < 1.29 is 9.72 Å². The van der Waals surface area contributed by atoms with Crippen LogP contribution in [0.5, 0.6) is 0 Å². The summed E-state index contributed by atoms with van der Waals surface area (Å²) in [7, 11) is 0. The molecule has 5 nitrogen and oxygen atoms in total. The number of thiophene rings is 1. The van der Waals surface area contributed by atoms with E-state index >= 15 is 0 Å². The minimum atomic E-state index is -0.530. The van der Waals surface area contributed by atoms with Crippen LogP contribution >= 0.6 is 43.2 Å². The van der Waals surface area contributed by atoms with Gasteiger partial charge in [0.2, 0.25) is 0 Å². The van der Waals surface area contributed by atoms with E-state index in [-0.39, 0.29) is 17.2 Å². The van der Waals surface area contributed by atoms with E-state index in [1.54, 1.807) is 6.07 Å². The number of halogens is 2. The van der Waals surface area contributed by atoms with Gasteiger partial charge in [0.25, 0.3) is 11.6 Å². The lowest BCUT2D eigenvalue weighted by Crippen LogP contribution is -2.22. The van der Waals surface area contributed by atoms with E-state index < -0.39 is 4.92 Å². The first-order valence-electron chi connectivity index (χ1n) is 5.42. The van der Waals surface area contributed by atoms with Crippen molar-refractivity contribution in [2.24, 2.45) is 0 Å². The fourth-order valence-electron chi connectivity index (χ4n) is 1.52. The Hall–Kier alpha value is -1.25. The van der Waals surface area contributed by atoms with Gasteiger partial charge in [-0.15, -0.1) is 11.3 Å². The average molecular weight is 420 g/mol. The zero-order chi connectivity index (χ0) is 14.7. The zero-order valence-corrected chi connectivity index (χ0v) is 13.9. The number of benzene rings is 1. The number of hydrogen-bond acceptors (Lipinski definition) is 4. The normalized spacial score (nSPS) is 10.3. The van der Waals surface area contributed by atoms with Crippen LogP contribution in [0.3, 0.4) is 0 Å². The summed E-state index contributed by atoms with van der Waals surface area (Å²) in [4.78, 5) is 23.2. The molecule has 1 amide bonds. The van der Waals surface area contributed by atoms with Crippen LogP contribution in [0.25, 0.3) is 0 Å². The van der Waals surface area contributed by atoms with Crippen LogP contribution in [0, 0.1) is 10.1 Å². The molecule has 0 saturated carbocycles. The number of nitrogens with one attached hydrogen (secondary N) is 1. The molecule has 0 aliphatic rings. The number of rotatable bonds is 4. The topological polar surface area (TPSA) is 72.2 Å². The SMILES string of the molecule is O=C(NCc1sccc1Br)c1cc(Br)cc([N+](=O)[O-])c1. The van der Waals surface area contributed by atoms with Gasteiger partial charge in [0.1, 0.15) is 0 Å². The number of carbonyl (C=O) groups excluding carboxylic acids is 1. The molecule has 104 valence electrons. The molecule has 0 fully saturated rings. The van der Waals surface area contributed by atoms with Crippen molar-refractivity contribution in [3.05, 3.63) is 59.1 Å². The van der Waals surface area contributed by atoms with Crippen LogP contribution in [0.15, 0.2) is 38.6 Å². The molecule has 1 N–H and O–H groups in total. The smallest absolute Gasteiger partial charge is 0.271 e. The van der Waals surface area contributed by atoms with Gasteiger partial charge in [-0.3, -0.25) is 14.9 Å². The molecule has 2 rings (SSSR count). The summed E-state index contributed by atoms with van der Waals surface area (Å²) in [6.45, 7) is 0.372. The average Bonchev–Trinajstić information content (AvgIpc) is 2.80. The van der Waals surface area contributed by atoms with Crippen LogP contribution < -0.4 is 5.32 Å². The second-order valence-corrected chi connectivity index (χ2v) is 6.60. The van der Waals surface area contributed by atoms with Crippen molar-refractivity contribution in [3.8, 4) is 0 Å². The lowest BCUT2D eigenvalue weighted by Gasteiger charge is -2.05. The molecule has 1 aromatic carbocycles. The molecule has 0 bridgehead atoms. The predicted molar refractivity (Wildman–Crippen MR) is 84.0 cm³/mol. The maximum absolute atomic E-state index is 12.0. The summed E-state index contributed by atoms with van der Waals surface area (Å²) in [5.41, 5.74) is 0.126. The molecule has 1 aromatic heterocycles. The number of hydrogen-bond donors (Lipinski definition) is 1. The molecule has 0 radical (unpaired) electrons. The van der Waals surface area contributed by atoms with Gasteiger partial charge in [-0.2, -0.15) is 0 Å². The summed E-state index contributed by atoms with van der Waals surface area (Å²) in [6.07, 6.45) is 0. The first-order chi connectivity index (χ1) is 9.47. The fourth-order valence-corrected chi connectivity index (χ4v) is 3.44. The van der Waals surface area contributed by atoms with E-state index in [1.165, 1.54) is 23.5 Å². The Balaban J connectivity index is 2.13. The van der Waals surface area contributed by atoms with Crippen LogP contribution in [-0.2, 0) is 6.54 Å². The summed E-state index contributed by atoms with van der Waals surface area (Å²) in [5.74, 6) is -0.352. The van der Waals surface area contributed by atoms with E-state index in [2.05, 4.69) is 37.2 Å². The molecule has 0 atom stereocenters. The van der Waals surface area contributed by atoms with E-state index in [4.69, 9.17) is 0 Å². The molecule has 8 heteroatoms. The van der Waals surface area contributed by atoms with Crippen molar-refractivity contribution in [3.63, 3.8) is 0 Å². The molecule has 0 unspecified atom stereocenters. The third-order valence-corrected chi connectivity index (χ3v) is 4.84. The quantitative estimate of drug-likeness (QED) is 0.598. The number of amides is 1. The Morgan fingerprint density at radius 3 is 2.70 bits per heavy atom. The molecule has 0 aliphatic heterocycles. The minimum Gasteiger partial charge on any atom is -0.347 e. The lowest BCUT2D eigenvalue weighted by molar-refractivity contribution is -0.385. The van der Waals surface area contributed by atoms with Crippen molar-refractivity contribution in [2.75, 3.05) is 0 Å². The van der Waals surface area contributed by atoms with Crippen LogP contribution in [0.1, 0.15) is 15.2 Å². The van der Waals surface area contributed by atoms with E-state index in [0.717, 1.165) is 9.35 Å². The second kappa shape index (κ2) is 6.47. The molecule has 2 aromatic rings. The highest BCUT2D eigenvalue weighted by Crippen LogP contribution is 2.23. The third kappa shape index (κ3) is 3.65. The van der Waals surface area contributed by atoms with Crippen LogP contribution in [0.2, 0.25) is 0 Å². The van der Waals surface area contributed by atoms with Gasteiger partial charge in [-0.1, -0.05) is 15.9 Å². The summed E-state index contributed by atoms with van der Waals surface area (Å²) in [5, 5.41) is 15.4. The Morgan fingerprint density at radius 2 is 2.10 bits per heavy atom. The first-order valence-corrected chi connectivity index (χ1v) is 7.89. The fraction of sp³-hybridized carbons (Fsp3) is 0.0833. The second-order valence-electron chi connectivity index (χ2n) is 3.83. The molecule has 0 spiro atoms. The van der Waals surface area contributed by atoms with Crippen molar-refractivity contribution in [2.45, 2.75) is 6.54 Å². The Labute approximate surface area is 135 Å². The Morgan fingerprint density at radius 1 is 1.35 bits per heavy atom. The Kier molecular flexibility index (Phi) is 4.90. The van der Waals surface area contributed by atoms with Crippen LogP contribution in [0.4, 0.5) is 5.69 Å². The maximum atomic E-state index is 12.0. The summed E-state index contributed by atoms with van der Waals surface area (Å²) >= 11 is 8.06. The molecule has 0 saturated heterocycles. The van der Waals surface area contributed by atoms with Gasteiger partial charge < -0.3 is 5.32 Å². The number of nitro benzene ring substituents is 1. The molecule has 1 heterocycles.